The van der Waals surface area contributed by atoms with Gasteiger partial charge in [-0.25, -0.2) is 0 Å². The second-order valence-electron chi connectivity index (χ2n) is 4.22. The minimum atomic E-state index is -4.13. The summed E-state index contributed by atoms with van der Waals surface area (Å²) in [6, 6.07) is 3.48. The van der Waals surface area contributed by atoms with E-state index in [0.717, 1.165) is 12.2 Å². The Hall–Kier alpha value is -1.34. The number of alkyl halides is 3. The van der Waals surface area contributed by atoms with Crippen LogP contribution in [-0.2, 0) is 11.3 Å². The molecule has 1 aromatic heterocycles. The van der Waals surface area contributed by atoms with E-state index in [-0.39, 0.29) is 13.0 Å². The summed E-state index contributed by atoms with van der Waals surface area (Å²) < 4.78 is 45.9. The number of ether oxygens (including phenoxy) is 2. The molecule has 0 radical (unpaired) electrons. The molecule has 0 aliphatic heterocycles. The van der Waals surface area contributed by atoms with Crippen LogP contribution in [0, 0.1) is 0 Å². The average molecular weight is 292 g/mol. The molecule has 1 rings (SSSR count). The number of aromatic nitrogens is 1. The molecule has 114 valence electrons. The highest BCUT2D eigenvalue weighted by Gasteiger charge is 2.26. The van der Waals surface area contributed by atoms with Gasteiger partial charge in [-0.1, -0.05) is 0 Å². The van der Waals surface area contributed by atoms with Gasteiger partial charge in [0.15, 0.2) is 0 Å². The van der Waals surface area contributed by atoms with Crippen LogP contribution in [0.25, 0.3) is 0 Å². The molecule has 0 aromatic carbocycles. The molecule has 20 heavy (non-hydrogen) atoms. The van der Waals surface area contributed by atoms with Crippen LogP contribution in [0.15, 0.2) is 18.3 Å². The number of hydrogen-bond donors (Lipinski definition) is 1. The quantitative estimate of drug-likeness (QED) is 0.710. The van der Waals surface area contributed by atoms with Crippen LogP contribution in [0.2, 0.25) is 0 Å². The fourth-order valence-corrected chi connectivity index (χ4v) is 1.45. The van der Waals surface area contributed by atoms with Crippen molar-refractivity contribution < 1.29 is 22.6 Å². The van der Waals surface area contributed by atoms with Crippen LogP contribution in [0.3, 0.4) is 0 Å². The molecule has 0 unspecified atom stereocenters. The molecule has 0 aliphatic carbocycles. The van der Waals surface area contributed by atoms with Crippen LogP contribution >= 0.6 is 0 Å². The van der Waals surface area contributed by atoms with Crippen molar-refractivity contribution in [1.82, 2.24) is 10.3 Å². The minimum Gasteiger partial charge on any atom is -0.492 e. The summed E-state index contributed by atoms with van der Waals surface area (Å²) in [7, 11) is 1.63. The second-order valence-corrected chi connectivity index (χ2v) is 4.22. The molecule has 0 amide bonds. The number of pyridine rings is 1. The smallest absolute Gasteiger partial charge is 0.389 e. The van der Waals surface area contributed by atoms with Gasteiger partial charge >= 0.3 is 6.18 Å². The Morgan fingerprint density at radius 2 is 2.05 bits per heavy atom. The molecule has 0 bridgehead atoms. The standard InChI is InChI=1S/C13H19F3N2O2/c1-19-8-6-17-9-11-3-4-12(10-18-11)20-7-2-5-13(14,15)16/h3-4,10,17H,2,5-9H2,1H3. The first-order chi connectivity index (χ1) is 9.51. The third-order valence-electron chi connectivity index (χ3n) is 2.46. The van der Waals surface area contributed by atoms with E-state index in [9.17, 15) is 13.2 Å². The SMILES string of the molecule is COCCNCc1ccc(OCCCC(F)(F)F)cn1. The molecular formula is C13H19F3N2O2. The van der Waals surface area contributed by atoms with Gasteiger partial charge in [0, 0.05) is 26.6 Å². The van der Waals surface area contributed by atoms with Gasteiger partial charge in [0.05, 0.1) is 25.1 Å². The zero-order valence-electron chi connectivity index (χ0n) is 11.4. The number of nitrogens with zero attached hydrogens (tertiary/aromatic N) is 1. The fourth-order valence-electron chi connectivity index (χ4n) is 1.45. The van der Waals surface area contributed by atoms with Gasteiger partial charge < -0.3 is 14.8 Å². The van der Waals surface area contributed by atoms with E-state index in [0.29, 0.717) is 18.9 Å². The van der Waals surface area contributed by atoms with Gasteiger partial charge in [-0.15, -0.1) is 0 Å². The first kappa shape index (κ1) is 16.7. The predicted octanol–water partition coefficient (Wildman–Crippen LogP) is 2.54. The Balaban J connectivity index is 2.21. The van der Waals surface area contributed by atoms with Crippen molar-refractivity contribution in [2.75, 3.05) is 26.9 Å². The molecule has 1 heterocycles. The lowest BCUT2D eigenvalue weighted by Crippen LogP contribution is -2.19. The Morgan fingerprint density at radius 1 is 1.25 bits per heavy atom. The molecule has 0 fully saturated rings. The number of nitrogens with one attached hydrogen (secondary N) is 1. The minimum absolute atomic E-state index is 0.0344. The highest BCUT2D eigenvalue weighted by atomic mass is 19.4. The lowest BCUT2D eigenvalue weighted by molar-refractivity contribution is -0.136. The highest BCUT2D eigenvalue weighted by Crippen LogP contribution is 2.21. The molecule has 4 nitrogen and oxygen atoms in total. The summed E-state index contributed by atoms with van der Waals surface area (Å²) in [5.41, 5.74) is 0.837. The Morgan fingerprint density at radius 3 is 2.65 bits per heavy atom. The van der Waals surface area contributed by atoms with E-state index in [1.54, 1.807) is 19.2 Å². The maximum Gasteiger partial charge on any atom is 0.389 e. The maximum absolute atomic E-state index is 11.9. The van der Waals surface area contributed by atoms with E-state index in [4.69, 9.17) is 9.47 Å². The van der Waals surface area contributed by atoms with Gasteiger partial charge in [0.25, 0.3) is 0 Å². The van der Waals surface area contributed by atoms with E-state index in [1.807, 2.05) is 0 Å². The largest absolute Gasteiger partial charge is 0.492 e. The van der Waals surface area contributed by atoms with Crippen LogP contribution in [0.4, 0.5) is 13.2 Å². The van der Waals surface area contributed by atoms with Crippen LogP contribution < -0.4 is 10.1 Å². The molecule has 0 spiro atoms. The van der Waals surface area contributed by atoms with E-state index < -0.39 is 12.6 Å². The predicted molar refractivity (Wildman–Crippen MR) is 68.6 cm³/mol. The third-order valence-corrected chi connectivity index (χ3v) is 2.46. The summed E-state index contributed by atoms with van der Waals surface area (Å²) in [4.78, 5) is 4.15. The van der Waals surface area contributed by atoms with Crippen molar-refractivity contribution in [3.8, 4) is 5.75 Å². The molecule has 1 aromatic rings. The molecule has 0 atom stereocenters. The van der Waals surface area contributed by atoms with Gasteiger partial charge in [-0.2, -0.15) is 13.2 Å². The van der Waals surface area contributed by atoms with Crippen LogP contribution in [0.1, 0.15) is 18.5 Å². The van der Waals surface area contributed by atoms with Crippen molar-refractivity contribution in [1.29, 1.82) is 0 Å². The molecule has 1 N–H and O–H groups in total. The Bertz CT molecular complexity index is 369. The number of rotatable bonds is 9. The van der Waals surface area contributed by atoms with Gasteiger partial charge in [0.2, 0.25) is 0 Å². The van der Waals surface area contributed by atoms with Gasteiger partial charge in [-0.3, -0.25) is 4.98 Å². The average Bonchev–Trinajstić information content (AvgIpc) is 2.40. The molecule has 0 saturated heterocycles. The van der Waals surface area contributed by atoms with Crippen molar-refractivity contribution >= 4 is 0 Å². The summed E-state index contributed by atoms with van der Waals surface area (Å²) in [5, 5.41) is 3.14. The summed E-state index contributed by atoms with van der Waals surface area (Å²) in [6.07, 6.45) is -3.49. The van der Waals surface area contributed by atoms with Crippen molar-refractivity contribution in [2.24, 2.45) is 0 Å². The zero-order valence-corrected chi connectivity index (χ0v) is 11.4. The lowest BCUT2D eigenvalue weighted by Gasteiger charge is -2.08. The van der Waals surface area contributed by atoms with E-state index in [2.05, 4.69) is 10.3 Å². The highest BCUT2D eigenvalue weighted by molar-refractivity contribution is 5.19. The van der Waals surface area contributed by atoms with E-state index >= 15 is 0 Å². The zero-order chi connectivity index (χ0) is 14.8. The first-order valence-corrected chi connectivity index (χ1v) is 6.35. The van der Waals surface area contributed by atoms with Crippen molar-refractivity contribution in [3.05, 3.63) is 24.0 Å². The topological polar surface area (TPSA) is 43.4 Å². The summed E-state index contributed by atoms with van der Waals surface area (Å²) in [5.74, 6) is 0.479. The van der Waals surface area contributed by atoms with Gasteiger partial charge in [-0.05, 0) is 18.6 Å². The van der Waals surface area contributed by atoms with Crippen molar-refractivity contribution in [2.45, 2.75) is 25.6 Å². The Labute approximate surface area is 116 Å². The van der Waals surface area contributed by atoms with Crippen molar-refractivity contribution in [3.63, 3.8) is 0 Å². The normalized spacial score (nSPS) is 11.6. The maximum atomic E-state index is 11.9. The third kappa shape index (κ3) is 7.96. The lowest BCUT2D eigenvalue weighted by atomic mass is 10.3. The molecule has 0 aliphatic rings. The molecular weight excluding hydrogens is 273 g/mol. The molecule has 7 heteroatoms. The number of hydrogen-bond acceptors (Lipinski definition) is 4. The van der Waals surface area contributed by atoms with Gasteiger partial charge in [0.1, 0.15) is 5.75 Å². The second kappa shape index (κ2) is 8.76. The fraction of sp³-hybridized carbons (Fsp3) is 0.615. The van der Waals surface area contributed by atoms with Crippen LogP contribution in [0.5, 0.6) is 5.75 Å². The summed E-state index contributed by atoms with van der Waals surface area (Å²) >= 11 is 0. The first-order valence-electron chi connectivity index (χ1n) is 6.35. The molecule has 0 saturated carbocycles. The van der Waals surface area contributed by atoms with Crippen LogP contribution in [-0.4, -0.2) is 38.0 Å². The monoisotopic (exact) mass is 292 g/mol. The number of halogens is 3. The Kier molecular flexibility index (Phi) is 7.32. The van der Waals surface area contributed by atoms with E-state index in [1.165, 1.54) is 6.20 Å². The summed E-state index contributed by atoms with van der Waals surface area (Å²) in [6.45, 7) is 2.00. The number of methoxy groups -OCH3 is 1.